The Kier molecular flexibility index (Phi) is 9.61. The Morgan fingerprint density at radius 3 is 2.12 bits per heavy atom. The van der Waals surface area contributed by atoms with E-state index in [1.807, 2.05) is 51.1 Å². The van der Waals surface area contributed by atoms with Crippen LogP contribution in [0.3, 0.4) is 0 Å². The van der Waals surface area contributed by atoms with Crippen molar-refractivity contribution in [2.24, 2.45) is 10.8 Å². The normalized spacial score (nSPS) is 13.1. The van der Waals surface area contributed by atoms with E-state index in [4.69, 9.17) is 0 Å². The second-order valence-electron chi connectivity index (χ2n) is 10.4. The third-order valence-corrected chi connectivity index (χ3v) is 5.52. The zero-order chi connectivity index (χ0) is 24.6. The summed E-state index contributed by atoms with van der Waals surface area (Å²) in [5, 5.41) is 8.35. The molecule has 178 valence electrons. The number of nitrogens with one attached hydrogen (secondary N) is 3. The topological polar surface area (TPSA) is 104 Å². The van der Waals surface area contributed by atoms with Gasteiger partial charge in [0.1, 0.15) is 12.3 Å². The highest BCUT2D eigenvalue weighted by molar-refractivity contribution is 5.92. The average Bonchev–Trinajstić information content (AvgIpc) is 2.71. The molecule has 1 aromatic rings. The van der Waals surface area contributed by atoms with Crippen LogP contribution < -0.4 is 16.0 Å². The van der Waals surface area contributed by atoms with Crippen LogP contribution in [-0.2, 0) is 25.6 Å². The summed E-state index contributed by atoms with van der Waals surface area (Å²) >= 11 is 0. The average molecular weight is 446 g/mol. The fraction of sp³-hybridized carbons (Fsp3) is 0.600. The van der Waals surface area contributed by atoms with Gasteiger partial charge in [-0.15, -0.1) is 0 Å². The first-order chi connectivity index (χ1) is 14.7. The third kappa shape index (κ3) is 9.20. The monoisotopic (exact) mass is 445 g/mol. The highest BCUT2D eigenvalue weighted by atomic mass is 16.2. The van der Waals surface area contributed by atoms with Gasteiger partial charge in [0.05, 0.1) is 6.54 Å². The Bertz CT molecular complexity index is 801. The van der Waals surface area contributed by atoms with E-state index >= 15 is 0 Å². The number of benzene rings is 1. The van der Waals surface area contributed by atoms with Crippen LogP contribution in [0, 0.1) is 10.8 Å². The maximum absolute atomic E-state index is 13.0. The predicted molar refractivity (Wildman–Crippen MR) is 126 cm³/mol. The second-order valence-corrected chi connectivity index (χ2v) is 10.4. The van der Waals surface area contributed by atoms with Crippen molar-refractivity contribution in [1.82, 2.24) is 16.0 Å². The molecule has 3 amide bonds. The number of rotatable bonds is 12. The molecular weight excluding hydrogens is 406 g/mol. The van der Waals surface area contributed by atoms with E-state index < -0.39 is 22.8 Å². The van der Waals surface area contributed by atoms with Gasteiger partial charge in [-0.2, -0.15) is 0 Å². The lowest BCUT2D eigenvalue weighted by atomic mass is 9.75. The molecule has 1 aromatic carbocycles. The number of aldehydes is 1. The maximum atomic E-state index is 13.0. The Morgan fingerprint density at radius 1 is 1.00 bits per heavy atom. The summed E-state index contributed by atoms with van der Waals surface area (Å²) in [7, 11) is 0. The van der Waals surface area contributed by atoms with Gasteiger partial charge in [0.2, 0.25) is 17.7 Å². The van der Waals surface area contributed by atoms with Crippen molar-refractivity contribution >= 4 is 24.0 Å². The first-order valence-electron chi connectivity index (χ1n) is 11.1. The Balaban J connectivity index is 2.93. The molecule has 1 atom stereocenters. The molecule has 0 spiro atoms. The minimum atomic E-state index is -0.859. The van der Waals surface area contributed by atoms with Crippen molar-refractivity contribution in [3.63, 3.8) is 0 Å². The van der Waals surface area contributed by atoms with Gasteiger partial charge < -0.3 is 20.7 Å². The van der Waals surface area contributed by atoms with Gasteiger partial charge in [-0.05, 0) is 32.3 Å². The molecule has 0 aliphatic carbocycles. The Hall–Kier alpha value is -2.70. The molecular formula is C25H39N3O4. The molecule has 0 aliphatic heterocycles. The summed E-state index contributed by atoms with van der Waals surface area (Å²) < 4.78 is 0. The lowest BCUT2D eigenvalue weighted by Crippen LogP contribution is -2.54. The Labute approximate surface area is 192 Å². The first kappa shape index (κ1) is 27.3. The molecule has 1 unspecified atom stereocenters. The summed E-state index contributed by atoms with van der Waals surface area (Å²) in [6, 6.07) is 8.51. The molecule has 0 heterocycles. The van der Waals surface area contributed by atoms with E-state index in [0.29, 0.717) is 6.42 Å². The smallest absolute Gasteiger partial charge is 0.243 e. The van der Waals surface area contributed by atoms with E-state index in [2.05, 4.69) is 16.0 Å². The van der Waals surface area contributed by atoms with Crippen LogP contribution in [0.1, 0.15) is 66.9 Å². The zero-order valence-electron chi connectivity index (χ0n) is 20.5. The molecule has 0 radical (unpaired) electrons. The molecule has 3 N–H and O–H groups in total. The van der Waals surface area contributed by atoms with E-state index in [0.717, 1.165) is 18.3 Å². The van der Waals surface area contributed by atoms with Gasteiger partial charge in [0, 0.05) is 22.8 Å². The van der Waals surface area contributed by atoms with Gasteiger partial charge >= 0.3 is 0 Å². The highest BCUT2D eigenvalue weighted by Gasteiger charge is 2.36. The zero-order valence-corrected chi connectivity index (χ0v) is 20.5. The molecule has 7 heteroatoms. The molecule has 0 saturated heterocycles. The Morgan fingerprint density at radius 2 is 1.59 bits per heavy atom. The van der Waals surface area contributed by atoms with Crippen LogP contribution in [0.4, 0.5) is 0 Å². The molecule has 0 saturated carbocycles. The number of carbonyl (C=O) groups excluding carboxylic acids is 4. The SMILES string of the molecule is CCC(C)(C)NC(=O)CNC(=O)C(Cc1ccccc1)NC(=O)C(C)(C)CC(C)(C)C=O. The second kappa shape index (κ2) is 11.2. The number of carbonyl (C=O) groups is 4. The van der Waals surface area contributed by atoms with Crippen LogP contribution in [0.25, 0.3) is 0 Å². The number of hydrogen-bond donors (Lipinski definition) is 3. The summed E-state index contributed by atoms with van der Waals surface area (Å²) in [6.45, 7) is 12.7. The van der Waals surface area contributed by atoms with Crippen LogP contribution in [0.15, 0.2) is 30.3 Å². The van der Waals surface area contributed by atoms with Gasteiger partial charge in [-0.3, -0.25) is 14.4 Å². The van der Waals surface area contributed by atoms with Crippen molar-refractivity contribution in [1.29, 1.82) is 0 Å². The van der Waals surface area contributed by atoms with E-state index in [9.17, 15) is 19.2 Å². The lowest BCUT2D eigenvalue weighted by molar-refractivity contribution is -0.136. The van der Waals surface area contributed by atoms with Crippen LogP contribution in [0.2, 0.25) is 0 Å². The van der Waals surface area contributed by atoms with Crippen molar-refractivity contribution in [3.8, 4) is 0 Å². The van der Waals surface area contributed by atoms with E-state index in [1.165, 1.54) is 0 Å². The van der Waals surface area contributed by atoms with Crippen LogP contribution >= 0.6 is 0 Å². The van der Waals surface area contributed by atoms with Crippen molar-refractivity contribution in [3.05, 3.63) is 35.9 Å². The molecule has 32 heavy (non-hydrogen) atoms. The quantitative estimate of drug-likeness (QED) is 0.430. The van der Waals surface area contributed by atoms with Crippen molar-refractivity contribution in [2.45, 2.75) is 79.3 Å². The minimum absolute atomic E-state index is 0.176. The van der Waals surface area contributed by atoms with Gasteiger partial charge in [-0.25, -0.2) is 0 Å². The highest BCUT2D eigenvalue weighted by Crippen LogP contribution is 2.32. The fourth-order valence-electron chi connectivity index (χ4n) is 3.47. The predicted octanol–water partition coefficient (Wildman–Crippen LogP) is 2.78. The number of hydrogen-bond acceptors (Lipinski definition) is 4. The standard InChI is InChI=1S/C25H39N3O4/c1-8-25(6,7)28-20(30)15-26-21(31)19(14-18-12-10-9-11-13-18)27-22(32)24(4,5)16-23(2,3)17-29/h9-13,17,19H,8,14-16H2,1-7H3,(H,26,31)(H,27,32)(H,28,30). The van der Waals surface area contributed by atoms with E-state index in [-0.39, 0.29) is 30.3 Å². The summed E-state index contributed by atoms with van der Waals surface area (Å²) in [5.41, 5.74) is -1.00. The largest absolute Gasteiger partial charge is 0.350 e. The molecule has 1 rings (SSSR count). The fourth-order valence-corrected chi connectivity index (χ4v) is 3.47. The molecule has 0 aliphatic rings. The molecule has 0 fully saturated rings. The maximum Gasteiger partial charge on any atom is 0.243 e. The van der Waals surface area contributed by atoms with Crippen LogP contribution in [0.5, 0.6) is 0 Å². The minimum Gasteiger partial charge on any atom is -0.350 e. The van der Waals surface area contributed by atoms with Crippen LogP contribution in [-0.4, -0.2) is 42.1 Å². The number of amides is 3. The molecule has 7 nitrogen and oxygen atoms in total. The van der Waals surface area contributed by atoms with Gasteiger partial charge in [0.25, 0.3) is 0 Å². The third-order valence-electron chi connectivity index (χ3n) is 5.52. The summed E-state index contributed by atoms with van der Waals surface area (Å²) in [4.78, 5) is 49.5. The first-order valence-corrected chi connectivity index (χ1v) is 11.1. The van der Waals surface area contributed by atoms with Gasteiger partial charge in [0.15, 0.2) is 0 Å². The van der Waals surface area contributed by atoms with Crippen molar-refractivity contribution in [2.75, 3.05) is 6.54 Å². The summed E-state index contributed by atoms with van der Waals surface area (Å²) in [6.07, 6.45) is 2.22. The van der Waals surface area contributed by atoms with Gasteiger partial charge in [-0.1, -0.05) is 65.0 Å². The van der Waals surface area contributed by atoms with Crippen molar-refractivity contribution < 1.29 is 19.2 Å². The van der Waals surface area contributed by atoms with E-state index in [1.54, 1.807) is 27.7 Å². The lowest BCUT2D eigenvalue weighted by Gasteiger charge is -2.32. The molecule has 0 aromatic heterocycles. The molecule has 0 bridgehead atoms. The summed E-state index contributed by atoms with van der Waals surface area (Å²) in [5.74, 6) is -1.04.